The van der Waals surface area contributed by atoms with Crippen LogP contribution in [-0.4, -0.2) is 33.0 Å². The van der Waals surface area contributed by atoms with Gasteiger partial charge in [-0.15, -0.1) is 10.2 Å². The van der Waals surface area contributed by atoms with Crippen molar-refractivity contribution in [2.45, 2.75) is 17.3 Å². The van der Waals surface area contributed by atoms with E-state index in [0.29, 0.717) is 33.7 Å². The van der Waals surface area contributed by atoms with Gasteiger partial charge in [-0.1, -0.05) is 17.8 Å². The van der Waals surface area contributed by atoms with Crippen molar-refractivity contribution in [2.75, 3.05) is 12.4 Å². The molecule has 0 bridgehead atoms. The first-order valence-corrected chi connectivity index (χ1v) is 10.9. The van der Waals surface area contributed by atoms with E-state index >= 15 is 0 Å². The first kappa shape index (κ1) is 22.5. The van der Waals surface area contributed by atoms with Gasteiger partial charge in [-0.2, -0.15) is 0 Å². The lowest BCUT2D eigenvalue weighted by Gasteiger charge is -2.14. The van der Waals surface area contributed by atoms with Gasteiger partial charge < -0.3 is 10.1 Å². The number of anilines is 1. The fourth-order valence-electron chi connectivity index (χ4n) is 3.11. The number of hydrogen-bond donors (Lipinski definition) is 1. The topological polar surface area (TPSA) is 69.0 Å². The van der Waals surface area contributed by atoms with E-state index in [0.717, 1.165) is 0 Å². The molecule has 0 aliphatic rings. The van der Waals surface area contributed by atoms with Crippen LogP contribution in [0.4, 0.5) is 14.5 Å². The standard InChI is InChI=1S/C24H20F2N4O2S/c1-15(23(31)27-19-4-3-5-21(14-19)32-2)33-24-29-28-22(16-6-8-17(25)9-7-16)30(24)20-12-10-18(26)11-13-20/h3-15H,1-2H3,(H,27,31). The number of ether oxygens (including phenoxy) is 1. The summed E-state index contributed by atoms with van der Waals surface area (Å²) in [6.07, 6.45) is 0. The zero-order valence-corrected chi connectivity index (χ0v) is 18.6. The van der Waals surface area contributed by atoms with E-state index in [1.54, 1.807) is 67.1 Å². The minimum atomic E-state index is -0.527. The predicted molar refractivity (Wildman–Crippen MR) is 124 cm³/mol. The summed E-state index contributed by atoms with van der Waals surface area (Å²) < 4.78 is 33.9. The summed E-state index contributed by atoms with van der Waals surface area (Å²) in [5.41, 5.74) is 1.86. The van der Waals surface area contributed by atoms with Crippen LogP contribution in [0.3, 0.4) is 0 Å². The smallest absolute Gasteiger partial charge is 0.237 e. The molecule has 0 aliphatic carbocycles. The first-order valence-electron chi connectivity index (χ1n) is 10.0. The normalized spacial score (nSPS) is 11.8. The van der Waals surface area contributed by atoms with Gasteiger partial charge in [-0.05, 0) is 67.6 Å². The van der Waals surface area contributed by atoms with Crippen molar-refractivity contribution in [3.8, 4) is 22.8 Å². The van der Waals surface area contributed by atoms with Crippen LogP contribution in [0.15, 0.2) is 78.0 Å². The largest absolute Gasteiger partial charge is 0.497 e. The number of nitrogens with one attached hydrogen (secondary N) is 1. The highest BCUT2D eigenvalue weighted by molar-refractivity contribution is 8.00. The van der Waals surface area contributed by atoms with Gasteiger partial charge in [0.1, 0.15) is 17.4 Å². The molecule has 1 amide bonds. The molecule has 0 saturated carbocycles. The maximum Gasteiger partial charge on any atom is 0.237 e. The molecule has 0 radical (unpaired) electrons. The SMILES string of the molecule is COc1cccc(NC(=O)C(C)Sc2nnc(-c3ccc(F)cc3)n2-c2ccc(F)cc2)c1. The minimum absolute atomic E-state index is 0.231. The summed E-state index contributed by atoms with van der Waals surface area (Å²) in [6.45, 7) is 1.75. The van der Waals surface area contributed by atoms with Gasteiger partial charge in [0.2, 0.25) is 5.91 Å². The highest BCUT2D eigenvalue weighted by Crippen LogP contribution is 2.31. The number of amides is 1. The van der Waals surface area contributed by atoms with Crippen LogP contribution in [0.25, 0.3) is 17.1 Å². The van der Waals surface area contributed by atoms with Gasteiger partial charge in [0.05, 0.1) is 12.4 Å². The minimum Gasteiger partial charge on any atom is -0.497 e. The Kier molecular flexibility index (Phi) is 6.69. The summed E-state index contributed by atoms with van der Waals surface area (Å²) >= 11 is 1.20. The van der Waals surface area contributed by atoms with Gasteiger partial charge in [0.15, 0.2) is 11.0 Å². The third kappa shape index (κ3) is 5.20. The Hall–Kier alpha value is -3.72. The van der Waals surface area contributed by atoms with E-state index in [9.17, 15) is 13.6 Å². The maximum atomic E-state index is 13.5. The number of thioether (sulfide) groups is 1. The molecule has 6 nitrogen and oxygen atoms in total. The van der Waals surface area contributed by atoms with Crippen LogP contribution >= 0.6 is 11.8 Å². The fourth-order valence-corrected chi connectivity index (χ4v) is 3.98. The molecular weight excluding hydrogens is 446 g/mol. The Bertz CT molecular complexity index is 1260. The van der Waals surface area contributed by atoms with Crippen molar-refractivity contribution in [2.24, 2.45) is 0 Å². The molecule has 0 fully saturated rings. The fraction of sp³-hybridized carbons (Fsp3) is 0.125. The first-order chi connectivity index (χ1) is 15.9. The average Bonchev–Trinajstić information content (AvgIpc) is 3.23. The molecule has 1 aromatic heterocycles. The average molecular weight is 467 g/mol. The van der Waals surface area contributed by atoms with Crippen LogP contribution in [0, 0.1) is 11.6 Å². The molecule has 1 heterocycles. The summed E-state index contributed by atoms with van der Waals surface area (Å²) in [4.78, 5) is 12.8. The molecule has 9 heteroatoms. The maximum absolute atomic E-state index is 13.5. The lowest BCUT2D eigenvalue weighted by Crippen LogP contribution is -2.22. The second kappa shape index (κ2) is 9.83. The molecule has 0 saturated heterocycles. The molecule has 0 spiro atoms. The number of halogens is 2. The zero-order chi connectivity index (χ0) is 23.4. The number of methoxy groups -OCH3 is 1. The quantitative estimate of drug-likeness (QED) is 0.373. The highest BCUT2D eigenvalue weighted by atomic mass is 32.2. The number of rotatable bonds is 7. The molecule has 1 atom stereocenters. The number of carbonyl (C=O) groups excluding carboxylic acids is 1. The van der Waals surface area contributed by atoms with Gasteiger partial charge >= 0.3 is 0 Å². The summed E-state index contributed by atoms with van der Waals surface area (Å²) in [7, 11) is 1.56. The zero-order valence-electron chi connectivity index (χ0n) is 17.8. The molecule has 168 valence electrons. The van der Waals surface area contributed by atoms with Crippen molar-refractivity contribution >= 4 is 23.4 Å². The van der Waals surface area contributed by atoms with Crippen LogP contribution < -0.4 is 10.1 Å². The molecular formula is C24H20F2N4O2S. The van der Waals surface area contributed by atoms with Crippen molar-refractivity contribution in [3.63, 3.8) is 0 Å². The lowest BCUT2D eigenvalue weighted by atomic mass is 10.2. The third-order valence-electron chi connectivity index (χ3n) is 4.81. The van der Waals surface area contributed by atoms with Crippen molar-refractivity contribution in [3.05, 3.63) is 84.4 Å². The second-order valence-corrected chi connectivity index (χ2v) is 8.41. The van der Waals surface area contributed by atoms with Crippen molar-refractivity contribution in [1.82, 2.24) is 14.8 Å². The van der Waals surface area contributed by atoms with Gasteiger partial charge in [0, 0.05) is 23.0 Å². The Morgan fingerprint density at radius 1 is 1.00 bits per heavy atom. The third-order valence-corrected chi connectivity index (χ3v) is 5.85. The number of aromatic nitrogens is 3. The van der Waals surface area contributed by atoms with E-state index in [1.807, 2.05) is 0 Å². The number of hydrogen-bond acceptors (Lipinski definition) is 5. The van der Waals surface area contributed by atoms with Crippen molar-refractivity contribution < 1.29 is 18.3 Å². The second-order valence-electron chi connectivity index (χ2n) is 7.11. The van der Waals surface area contributed by atoms with E-state index in [4.69, 9.17) is 4.74 Å². The highest BCUT2D eigenvalue weighted by Gasteiger charge is 2.22. The number of benzene rings is 3. The van der Waals surface area contributed by atoms with E-state index in [2.05, 4.69) is 15.5 Å². The Balaban J connectivity index is 1.63. The van der Waals surface area contributed by atoms with Crippen molar-refractivity contribution in [1.29, 1.82) is 0 Å². The van der Waals surface area contributed by atoms with E-state index in [1.165, 1.54) is 36.0 Å². The van der Waals surface area contributed by atoms with E-state index in [-0.39, 0.29) is 17.5 Å². The Labute approximate surface area is 193 Å². The Morgan fingerprint density at radius 3 is 2.33 bits per heavy atom. The monoisotopic (exact) mass is 466 g/mol. The van der Waals surface area contributed by atoms with Gasteiger partial charge in [0.25, 0.3) is 0 Å². The molecule has 4 rings (SSSR count). The predicted octanol–water partition coefficient (Wildman–Crippen LogP) is 5.34. The van der Waals surface area contributed by atoms with Crippen LogP contribution in [0.2, 0.25) is 0 Å². The number of carbonyl (C=O) groups is 1. The molecule has 1 unspecified atom stereocenters. The summed E-state index contributed by atoms with van der Waals surface area (Å²) in [5, 5.41) is 11.3. The lowest BCUT2D eigenvalue weighted by molar-refractivity contribution is -0.115. The molecule has 3 aromatic carbocycles. The Morgan fingerprint density at radius 2 is 1.67 bits per heavy atom. The van der Waals surface area contributed by atoms with Gasteiger partial charge in [-0.3, -0.25) is 9.36 Å². The molecule has 0 aliphatic heterocycles. The molecule has 4 aromatic rings. The number of nitrogens with zero attached hydrogens (tertiary/aromatic N) is 3. The van der Waals surface area contributed by atoms with Crippen LogP contribution in [0.5, 0.6) is 5.75 Å². The molecule has 1 N–H and O–H groups in total. The van der Waals surface area contributed by atoms with Gasteiger partial charge in [-0.25, -0.2) is 8.78 Å². The van der Waals surface area contributed by atoms with Crippen LogP contribution in [-0.2, 0) is 4.79 Å². The molecule has 33 heavy (non-hydrogen) atoms. The van der Waals surface area contributed by atoms with E-state index < -0.39 is 5.25 Å². The summed E-state index contributed by atoms with van der Waals surface area (Å²) in [6, 6.07) is 18.8. The van der Waals surface area contributed by atoms with Crippen LogP contribution in [0.1, 0.15) is 6.92 Å². The summed E-state index contributed by atoms with van der Waals surface area (Å²) in [5.74, 6) is 0.0993.